The number of hydrogen-bond donors (Lipinski definition) is 1. The molecule has 1 atom stereocenters. The van der Waals surface area contributed by atoms with Crippen molar-refractivity contribution in [1.82, 2.24) is 10.3 Å². The summed E-state index contributed by atoms with van der Waals surface area (Å²) in [7, 11) is 1.73. The van der Waals surface area contributed by atoms with E-state index >= 15 is 0 Å². The molecule has 0 aromatic carbocycles. The average molecular weight is 329 g/mol. The van der Waals surface area contributed by atoms with Crippen molar-refractivity contribution in [1.29, 1.82) is 0 Å². The Morgan fingerprint density at radius 2 is 2.16 bits per heavy atom. The molecule has 1 aromatic rings. The Hall–Kier alpha value is -0.450. The first-order chi connectivity index (χ1) is 8.98. The highest BCUT2D eigenvalue weighted by atomic mass is 79.9. The average Bonchev–Trinajstić information content (AvgIpc) is 2.37. The third kappa shape index (κ3) is 5.59. The van der Waals surface area contributed by atoms with Crippen LogP contribution in [0.25, 0.3) is 0 Å². The zero-order valence-corrected chi connectivity index (χ0v) is 14.0. The van der Waals surface area contributed by atoms with Crippen molar-refractivity contribution < 1.29 is 4.74 Å². The molecule has 19 heavy (non-hydrogen) atoms. The normalized spacial score (nSPS) is 14.6. The van der Waals surface area contributed by atoms with Crippen LogP contribution in [0.4, 0.5) is 0 Å². The molecule has 1 heterocycles. The summed E-state index contributed by atoms with van der Waals surface area (Å²) < 4.78 is 6.10. The highest BCUT2D eigenvalue weighted by molar-refractivity contribution is 9.10. The van der Waals surface area contributed by atoms with Gasteiger partial charge in [0.05, 0.1) is 6.61 Å². The summed E-state index contributed by atoms with van der Waals surface area (Å²) >= 11 is 3.42. The van der Waals surface area contributed by atoms with Crippen molar-refractivity contribution in [2.24, 2.45) is 11.3 Å². The first kappa shape index (κ1) is 16.6. The van der Waals surface area contributed by atoms with Crippen LogP contribution in [-0.2, 0) is 11.2 Å². The monoisotopic (exact) mass is 328 g/mol. The van der Waals surface area contributed by atoms with Crippen molar-refractivity contribution in [3.63, 3.8) is 0 Å². The summed E-state index contributed by atoms with van der Waals surface area (Å²) in [6.45, 7) is 9.50. The Morgan fingerprint density at radius 3 is 2.68 bits per heavy atom. The Labute approximate surface area is 125 Å². The summed E-state index contributed by atoms with van der Waals surface area (Å²) in [5, 5.41) is 3.48. The van der Waals surface area contributed by atoms with Crippen molar-refractivity contribution in [3.05, 3.63) is 28.5 Å². The molecule has 3 nitrogen and oxygen atoms in total. The zero-order chi connectivity index (χ0) is 14.3. The van der Waals surface area contributed by atoms with Gasteiger partial charge in [-0.15, -0.1) is 0 Å². The van der Waals surface area contributed by atoms with Gasteiger partial charge in [0.1, 0.15) is 0 Å². The fourth-order valence-electron chi connectivity index (χ4n) is 1.94. The van der Waals surface area contributed by atoms with E-state index in [1.54, 1.807) is 7.11 Å². The van der Waals surface area contributed by atoms with Crippen molar-refractivity contribution in [2.75, 3.05) is 26.8 Å². The SMILES string of the molecule is COCCNCC(C)(Cc1ccc(Br)cn1)C(C)C. The predicted molar refractivity (Wildman–Crippen MR) is 83.3 cm³/mol. The van der Waals surface area contributed by atoms with E-state index in [1.165, 1.54) is 0 Å². The van der Waals surface area contributed by atoms with Crippen LogP contribution in [0.3, 0.4) is 0 Å². The second kappa shape index (κ2) is 7.98. The summed E-state index contributed by atoms with van der Waals surface area (Å²) in [6, 6.07) is 4.15. The third-order valence-corrected chi connectivity index (χ3v) is 4.25. The van der Waals surface area contributed by atoms with Crippen molar-refractivity contribution in [3.8, 4) is 0 Å². The van der Waals surface area contributed by atoms with Crippen LogP contribution in [0.15, 0.2) is 22.8 Å². The number of hydrogen-bond acceptors (Lipinski definition) is 3. The van der Waals surface area contributed by atoms with Gasteiger partial charge in [-0.3, -0.25) is 4.98 Å². The van der Waals surface area contributed by atoms with Gasteiger partial charge >= 0.3 is 0 Å². The second-order valence-electron chi connectivity index (χ2n) is 5.62. The van der Waals surface area contributed by atoms with Crippen LogP contribution in [0.2, 0.25) is 0 Å². The molecule has 0 radical (unpaired) electrons. The predicted octanol–water partition coefficient (Wildman–Crippen LogP) is 3.28. The zero-order valence-electron chi connectivity index (χ0n) is 12.4. The minimum Gasteiger partial charge on any atom is -0.383 e. The van der Waals surface area contributed by atoms with Crippen LogP contribution in [0.5, 0.6) is 0 Å². The van der Waals surface area contributed by atoms with E-state index in [0.29, 0.717) is 5.92 Å². The highest BCUT2D eigenvalue weighted by Gasteiger charge is 2.28. The van der Waals surface area contributed by atoms with E-state index in [-0.39, 0.29) is 5.41 Å². The number of rotatable bonds is 8. The highest BCUT2D eigenvalue weighted by Crippen LogP contribution is 2.30. The Morgan fingerprint density at radius 1 is 1.42 bits per heavy atom. The number of aromatic nitrogens is 1. The molecule has 0 aliphatic heterocycles. The van der Waals surface area contributed by atoms with Crippen LogP contribution in [0, 0.1) is 11.3 Å². The third-order valence-electron chi connectivity index (χ3n) is 3.78. The fraction of sp³-hybridized carbons (Fsp3) is 0.667. The van der Waals surface area contributed by atoms with E-state index in [9.17, 15) is 0 Å². The van der Waals surface area contributed by atoms with Gasteiger partial charge in [-0.1, -0.05) is 20.8 Å². The minimum atomic E-state index is 0.203. The first-order valence-corrected chi connectivity index (χ1v) is 7.57. The molecule has 0 fully saturated rings. The van der Waals surface area contributed by atoms with Gasteiger partial charge in [-0.25, -0.2) is 0 Å². The van der Waals surface area contributed by atoms with E-state index < -0.39 is 0 Å². The van der Waals surface area contributed by atoms with E-state index in [2.05, 4.69) is 59.1 Å². The molecule has 1 unspecified atom stereocenters. The van der Waals surface area contributed by atoms with Gasteiger partial charge in [0.15, 0.2) is 0 Å². The van der Waals surface area contributed by atoms with E-state index in [4.69, 9.17) is 4.74 Å². The van der Waals surface area contributed by atoms with Crippen LogP contribution >= 0.6 is 15.9 Å². The van der Waals surface area contributed by atoms with Gasteiger partial charge in [0.2, 0.25) is 0 Å². The summed E-state index contributed by atoms with van der Waals surface area (Å²) in [4.78, 5) is 4.49. The first-order valence-electron chi connectivity index (χ1n) is 6.78. The molecule has 0 aliphatic rings. The Kier molecular flexibility index (Phi) is 6.97. The number of pyridine rings is 1. The number of nitrogens with zero attached hydrogens (tertiary/aromatic N) is 1. The maximum Gasteiger partial charge on any atom is 0.0587 e. The topological polar surface area (TPSA) is 34.1 Å². The molecule has 4 heteroatoms. The lowest BCUT2D eigenvalue weighted by Gasteiger charge is -2.34. The quantitative estimate of drug-likeness (QED) is 0.743. The number of nitrogens with one attached hydrogen (secondary N) is 1. The molecule has 0 bridgehead atoms. The maximum atomic E-state index is 5.07. The largest absolute Gasteiger partial charge is 0.383 e. The van der Waals surface area contributed by atoms with Gasteiger partial charge in [-0.05, 0) is 45.8 Å². The summed E-state index contributed by atoms with van der Waals surface area (Å²) in [6.07, 6.45) is 2.85. The number of ether oxygens (including phenoxy) is 1. The molecular weight excluding hydrogens is 304 g/mol. The standard InChI is InChI=1S/C15H25BrN2O/c1-12(2)15(3,11-17-7-8-19-4)9-14-6-5-13(16)10-18-14/h5-6,10,12,17H,7-9,11H2,1-4H3. The van der Waals surface area contributed by atoms with Crippen LogP contribution < -0.4 is 5.32 Å². The molecule has 0 spiro atoms. The molecule has 0 saturated carbocycles. The molecule has 1 N–H and O–H groups in total. The number of halogens is 1. The molecule has 0 aliphatic carbocycles. The summed E-state index contributed by atoms with van der Waals surface area (Å²) in [5.74, 6) is 0.591. The van der Waals surface area contributed by atoms with Gasteiger partial charge in [-0.2, -0.15) is 0 Å². The Balaban J connectivity index is 2.62. The van der Waals surface area contributed by atoms with E-state index in [0.717, 1.165) is 36.3 Å². The molecule has 108 valence electrons. The van der Waals surface area contributed by atoms with E-state index in [1.807, 2.05) is 6.20 Å². The molecule has 0 saturated heterocycles. The molecule has 1 rings (SSSR count). The molecular formula is C15H25BrN2O. The lowest BCUT2D eigenvalue weighted by Crippen LogP contribution is -2.39. The van der Waals surface area contributed by atoms with Crippen molar-refractivity contribution in [2.45, 2.75) is 27.2 Å². The van der Waals surface area contributed by atoms with Crippen LogP contribution in [0.1, 0.15) is 26.5 Å². The minimum absolute atomic E-state index is 0.203. The lowest BCUT2D eigenvalue weighted by molar-refractivity contribution is 0.174. The van der Waals surface area contributed by atoms with Crippen molar-refractivity contribution >= 4 is 15.9 Å². The molecule has 1 aromatic heterocycles. The maximum absolute atomic E-state index is 5.07. The molecule has 0 amide bonds. The van der Waals surface area contributed by atoms with Gasteiger partial charge in [0, 0.05) is 36.6 Å². The second-order valence-corrected chi connectivity index (χ2v) is 6.54. The fourth-order valence-corrected chi connectivity index (χ4v) is 2.18. The van der Waals surface area contributed by atoms with Gasteiger partial charge in [0.25, 0.3) is 0 Å². The summed E-state index contributed by atoms with van der Waals surface area (Å²) in [5.41, 5.74) is 1.35. The van der Waals surface area contributed by atoms with Gasteiger partial charge < -0.3 is 10.1 Å². The smallest absolute Gasteiger partial charge is 0.0587 e. The number of methoxy groups -OCH3 is 1. The Bertz CT molecular complexity index is 367. The lowest BCUT2D eigenvalue weighted by atomic mass is 9.75. The van der Waals surface area contributed by atoms with Crippen LogP contribution in [-0.4, -0.2) is 31.8 Å².